The normalized spacial score (nSPS) is 11.5. The molecule has 11 aromatic rings. The molecule has 0 fully saturated rings. The largest absolute Gasteiger partial charge is 0.310 e. The molecule has 0 atom stereocenters. The Balaban J connectivity index is 1.13. The number of rotatable bonds is 6. The first-order valence-electron chi connectivity index (χ1n) is 19.7. The molecule has 0 bridgehead atoms. The van der Waals surface area contributed by atoms with Crippen LogP contribution in [-0.4, -0.2) is 0 Å². The van der Waals surface area contributed by atoms with Gasteiger partial charge in [-0.3, -0.25) is 0 Å². The molecular formula is C56H37N. The highest BCUT2D eigenvalue weighted by molar-refractivity contribution is 6.28. The third kappa shape index (κ3) is 5.63. The maximum absolute atomic E-state index is 2.44. The fraction of sp³-hybridized carbons (Fsp3) is 0. The second-order valence-electron chi connectivity index (χ2n) is 14.9. The van der Waals surface area contributed by atoms with E-state index in [0.29, 0.717) is 0 Å². The van der Waals surface area contributed by atoms with E-state index in [1.54, 1.807) is 0 Å². The highest BCUT2D eigenvalue weighted by Crippen LogP contribution is 2.45. The Morgan fingerprint density at radius 1 is 0.246 bits per heavy atom. The molecule has 1 heteroatoms. The summed E-state index contributed by atoms with van der Waals surface area (Å²) in [4.78, 5) is 2.44. The summed E-state index contributed by atoms with van der Waals surface area (Å²) in [6, 6.07) is 82.0. The van der Waals surface area contributed by atoms with E-state index in [2.05, 4.69) is 229 Å². The van der Waals surface area contributed by atoms with Gasteiger partial charge in [-0.25, -0.2) is 0 Å². The lowest BCUT2D eigenvalue weighted by atomic mass is 9.90. The molecule has 11 aromatic carbocycles. The Morgan fingerprint density at radius 2 is 0.737 bits per heavy atom. The van der Waals surface area contributed by atoms with Crippen molar-refractivity contribution in [3.8, 4) is 33.4 Å². The van der Waals surface area contributed by atoms with E-state index >= 15 is 0 Å². The van der Waals surface area contributed by atoms with Crippen molar-refractivity contribution >= 4 is 70.9 Å². The van der Waals surface area contributed by atoms with Gasteiger partial charge in [0.15, 0.2) is 0 Å². The van der Waals surface area contributed by atoms with Gasteiger partial charge in [0.2, 0.25) is 0 Å². The lowest BCUT2D eigenvalue weighted by Gasteiger charge is -2.28. The first kappa shape index (κ1) is 32.9. The molecule has 1 nitrogen and oxygen atoms in total. The maximum Gasteiger partial charge on any atom is 0.0540 e. The number of hydrogen-bond donors (Lipinski definition) is 0. The molecule has 0 aliphatic heterocycles. The average Bonchev–Trinajstić information content (AvgIpc) is 3.29. The zero-order chi connectivity index (χ0) is 37.7. The van der Waals surface area contributed by atoms with Crippen molar-refractivity contribution in [2.75, 3.05) is 4.90 Å². The summed E-state index contributed by atoms with van der Waals surface area (Å²) in [6.07, 6.45) is 0. The second kappa shape index (κ2) is 13.7. The van der Waals surface area contributed by atoms with E-state index in [1.165, 1.54) is 87.2 Å². The van der Waals surface area contributed by atoms with E-state index in [4.69, 9.17) is 0 Å². The molecule has 0 saturated heterocycles. The molecular weight excluding hydrogens is 687 g/mol. The van der Waals surface area contributed by atoms with Crippen LogP contribution in [0.3, 0.4) is 0 Å². The molecule has 57 heavy (non-hydrogen) atoms. The van der Waals surface area contributed by atoms with Gasteiger partial charge in [-0.2, -0.15) is 0 Å². The van der Waals surface area contributed by atoms with Crippen LogP contribution in [0.4, 0.5) is 17.1 Å². The molecule has 0 N–H and O–H groups in total. The number of benzene rings is 11. The third-order valence-electron chi connectivity index (χ3n) is 11.6. The standard InChI is InChI=1S/C56H37N/c1-3-14-38(15-4-1)43-19-11-21-45(36-43)57(54-35-34-48(39-16-5-2-6-17-39)50-24-9-10-25-52(50)54)46-22-12-20-44(37-46)47-26-13-27-53-51(47)33-32-42-31-30-41-29-28-40-18-7-8-23-49(40)55(41)56(42)53/h1-37H. The van der Waals surface area contributed by atoms with E-state index in [0.717, 1.165) is 17.1 Å². The second-order valence-corrected chi connectivity index (χ2v) is 14.9. The molecule has 0 heterocycles. The Bertz CT molecular complexity index is 3290. The van der Waals surface area contributed by atoms with E-state index in [-0.39, 0.29) is 0 Å². The van der Waals surface area contributed by atoms with E-state index in [1.807, 2.05) is 0 Å². The Labute approximate surface area is 332 Å². The predicted molar refractivity (Wildman–Crippen MR) is 245 cm³/mol. The van der Waals surface area contributed by atoms with Crippen LogP contribution < -0.4 is 4.90 Å². The minimum absolute atomic E-state index is 1.10. The number of hydrogen-bond acceptors (Lipinski definition) is 1. The summed E-state index contributed by atoms with van der Waals surface area (Å²) in [7, 11) is 0. The molecule has 0 aromatic heterocycles. The zero-order valence-electron chi connectivity index (χ0n) is 31.3. The average molecular weight is 724 g/mol. The highest BCUT2D eigenvalue weighted by Gasteiger charge is 2.19. The lowest BCUT2D eigenvalue weighted by Crippen LogP contribution is -2.11. The van der Waals surface area contributed by atoms with E-state index in [9.17, 15) is 0 Å². The summed E-state index contributed by atoms with van der Waals surface area (Å²) >= 11 is 0. The van der Waals surface area contributed by atoms with Crippen LogP contribution in [-0.2, 0) is 0 Å². The summed E-state index contributed by atoms with van der Waals surface area (Å²) in [5, 5.41) is 12.6. The van der Waals surface area contributed by atoms with Crippen molar-refractivity contribution in [1.29, 1.82) is 0 Å². The van der Waals surface area contributed by atoms with Crippen LogP contribution in [0, 0.1) is 0 Å². The summed E-state index contributed by atoms with van der Waals surface area (Å²) in [5.41, 5.74) is 10.6. The molecule has 11 rings (SSSR count). The fourth-order valence-electron chi connectivity index (χ4n) is 8.97. The van der Waals surface area contributed by atoms with Gasteiger partial charge in [0, 0.05) is 16.8 Å². The molecule has 266 valence electrons. The van der Waals surface area contributed by atoms with Crippen LogP contribution in [0.1, 0.15) is 0 Å². The first-order valence-corrected chi connectivity index (χ1v) is 19.7. The fourth-order valence-corrected chi connectivity index (χ4v) is 8.97. The van der Waals surface area contributed by atoms with Crippen molar-refractivity contribution in [2.24, 2.45) is 0 Å². The van der Waals surface area contributed by atoms with Crippen molar-refractivity contribution in [3.63, 3.8) is 0 Å². The summed E-state index contributed by atoms with van der Waals surface area (Å²) in [6.45, 7) is 0. The van der Waals surface area contributed by atoms with E-state index < -0.39 is 0 Å². The maximum atomic E-state index is 2.44. The molecule has 0 amide bonds. The highest BCUT2D eigenvalue weighted by atomic mass is 15.1. The number of nitrogens with zero attached hydrogens (tertiary/aromatic N) is 1. The molecule has 0 unspecified atom stereocenters. The Morgan fingerprint density at radius 3 is 1.49 bits per heavy atom. The minimum atomic E-state index is 1.10. The van der Waals surface area contributed by atoms with Crippen LogP contribution in [0.5, 0.6) is 0 Å². The van der Waals surface area contributed by atoms with Gasteiger partial charge in [-0.1, -0.05) is 194 Å². The quantitative estimate of drug-likeness (QED) is 0.154. The van der Waals surface area contributed by atoms with Crippen molar-refractivity contribution in [1.82, 2.24) is 0 Å². The SMILES string of the molecule is c1ccc(-c2cccc(N(c3cccc(-c4cccc5c4ccc4ccc6ccc7ccccc7c6c45)c3)c3ccc(-c4ccccc4)c4ccccc34)c2)cc1. The Hall–Kier alpha value is -7.48. The number of fused-ring (bicyclic) bond motifs is 8. The van der Waals surface area contributed by atoms with Gasteiger partial charge in [0.1, 0.15) is 0 Å². The molecule has 0 radical (unpaired) electrons. The van der Waals surface area contributed by atoms with Crippen LogP contribution in [0.2, 0.25) is 0 Å². The van der Waals surface area contributed by atoms with Gasteiger partial charge < -0.3 is 4.90 Å². The van der Waals surface area contributed by atoms with Crippen LogP contribution in [0.15, 0.2) is 224 Å². The topological polar surface area (TPSA) is 3.24 Å². The van der Waals surface area contributed by atoms with Crippen molar-refractivity contribution in [2.45, 2.75) is 0 Å². The van der Waals surface area contributed by atoms with Gasteiger partial charge in [-0.05, 0) is 112 Å². The monoisotopic (exact) mass is 723 g/mol. The Kier molecular flexibility index (Phi) is 7.89. The van der Waals surface area contributed by atoms with Gasteiger partial charge >= 0.3 is 0 Å². The molecule has 0 spiro atoms. The zero-order valence-corrected chi connectivity index (χ0v) is 31.3. The smallest absolute Gasteiger partial charge is 0.0540 e. The van der Waals surface area contributed by atoms with Crippen LogP contribution >= 0.6 is 0 Å². The van der Waals surface area contributed by atoms with Gasteiger partial charge in [0.25, 0.3) is 0 Å². The van der Waals surface area contributed by atoms with Gasteiger partial charge in [0.05, 0.1) is 5.69 Å². The molecule has 0 aliphatic rings. The molecule has 0 aliphatic carbocycles. The lowest BCUT2D eigenvalue weighted by molar-refractivity contribution is 1.30. The molecule has 0 saturated carbocycles. The predicted octanol–water partition coefficient (Wildman–Crippen LogP) is 15.9. The third-order valence-corrected chi connectivity index (χ3v) is 11.6. The van der Waals surface area contributed by atoms with Gasteiger partial charge in [-0.15, -0.1) is 0 Å². The van der Waals surface area contributed by atoms with Crippen molar-refractivity contribution in [3.05, 3.63) is 224 Å². The minimum Gasteiger partial charge on any atom is -0.310 e. The van der Waals surface area contributed by atoms with Crippen molar-refractivity contribution < 1.29 is 0 Å². The number of anilines is 3. The summed E-state index contributed by atoms with van der Waals surface area (Å²) in [5.74, 6) is 0. The van der Waals surface area contributed by atoms with Crippen LogP contribution in [0.25, 0.3) is 87.2 Å². The summed E-state index contributed by atoms with van der Waals surface area (Å²) < 4.78 is 0. The first-order chi connectivity index (χ1) is 28.3.